The van der Waals surface area contributed by atoms with Gasteiger partial charge in [0.05, 0.1) is 11.4 Å². The third-order valence-electron chi connectivity index (χ3n) is 5.88. The van der Waals surface area contributed by atoms with Gasteiger partial charge in [-0.05, 0) is 87.7 Å². The minimum atomic E-state index is -0.715. The summed E-state index contributed by atoms with van der Waals surface area (Å²) >= 11 is 12.0. The summed E-state index contributed by atoms with van der Waals surface area (Å²) in [5, 5.41) is 14.9. The Morgan fingerprint density at radius 2 is 1.32 bits per heavy atom. The summed E-state index contributed by atoms with van der Waals surface area (Å²) in [5.41, 5.74) is 0.221. The maximum atomic E-state index is 13.6. The summed E-state index contributed by atoms with van der Waals surface area (Å²) in [4.78, 5) is 41.5. The highest BCUT2D eigenvalue weighted by atomic mass is 35.5. The number of rotatable bonds is 9. The second-order valence-electron chi connectivity index (χ2n) is 8.90. The lowest BCUT2D eigenvalue weighted by Crippen LogP contribution is -2.27. The summed E-state index contributed by atoms with van der Waals surface area (Å²) in [6.45, 7) is 1.37. The molecule has 1 heterocycles. The van der Waals surface area contributed by atoms with Crippen LogP contribution in [0.25, 0.3) is 11.4 Å². The molecule has 0 radical (unpaired) electrons. The van der Waals surface area contributed by atoms with Crippen molar-refractivity contribution in [1.82, 2.24) is 19.6 Å². The number of carbonyl (C=O) groups excluding carboxylic acids is 2. The zero-order valence-corrected chi connectivity index (χ0v) is 22.3. The number of nitrogens with one attached hydrogen (secondary N) is 1. The van der Waals surface area contributed by atoms with E-state index < -0.39 is 22.8 Å². The van der Waals surface area contributed by atoms with Gasteiger partial charge in [0.25, 0.3) is 11.5 Å². The average Bonchev–Trinajstić information content (AvgIpc) is 3.16. The molecule has 1 aromatic heterocycles. The Labute approximate surface area is 229 Å². The van der Waals surface area contributed by atoms with Gasteiger partial charge in [0.2, 0.25) is 11.7 Å². The van der Waals surface area contributed by atoms with Crippen LogP contribution in [-0.4, -0.2) is 58.2 Å². The summed E-state index contributed by atoms with van der Waals surface area (Å²) in [5.74, 6) is -1.47. The molecule has 2 N–H and O–H groups in total. The van der Waals surface area contributed by atoms with E-state index in [4.69, 9.17) is 23.2 Å². The van der Waals surface area contributed by atoms with Gasteiger partial charge in [-0.2, -0.15) is 0 Å². The van der Waals surface area contributed by atoms with Crippen molar-refractivity contribution >= 4 is 34.9 Å². The van der Waals surface area contributed by atoms with Crippen LogP contribution in [0, 0.1) is 0 Å². The van der Waals surface area contributed by atoms with Crippen LogP contribution >= 0.6 is 23.2 Å². The number of aromatic nitrogens is 2. The quantitative estimate of drug-likeness (QED) is 0.234. The Balaban J connectivity index is 1.69. The van der Waals surface area contributed by atoms with Gasteiger partial charge in [-0.3, -0.25) is 14.4 Å². The van der Waals surface area contributed by atoms with Crippen molar-refractivity contribution in [2.45, 2.75) is 6.42 Å². The Morgan fingerprint density at radius 1 is 0.816 bits per heavy atom. The van der Waals surface area contributed by atoms with Crippen LogP contribution in [0.4, 0.5) is 0 Å². The second kappa shape index (κ2) is 11.7. The van der Waals surface area contributed by atoms with E-state index in [1.165, 1.54) is 33.6 Å². The Bertz CT molecular complexity index is 1510. The van der Waals surface area contributed by atoms with Gasteiger partial charge in [-0.25, -0.2) is 9.36 Å². The van der Waals surface area contributed by atoms with E-state index in [0.29, 0.717) is 33.5 Å². The predicted octanol–water partition coefficient (Wildman–Crippen LogP) is 4.55. The van der Waals surface area contributed by atoms with Crippen LogP contribution in [0.5, 0.6) is 5.88 Å². The van der Waals surface area contributed by atoms with Gasteiger partial charge in [0.1, 0.15) is 0 Å². The highest BCUT2D eigenvalue weighted by Gasteiger charge is 2.28. The topological polar surface area (TPSA) is 96.6 Å². The van der Waals surface area contributed by atoms with Gasteiger partial charge in [0.15, 0.2) is 5.56 Å². The summed E-state index contributed by atoms with van der Waals surface area (Å²) in [6, 6.07) is 18.8. The monoisotopic (exact) mass is 552 g/mol. The van der Waals surface area contributed by atoms with E-state index in [-0.39, 0.29) is 11.5 Å². The number of hydrogen-bond donors (Lipinski definition) is 2. The number of ketones is 1. The van der Waals surface area contributed by atoms with Gasteiger partial charge in [-0.1, -0.05) is 35.3 Å². The third-order valence-corrected chi connectivity index (χ3v) is 6.38. The predicted molar refractivity (Wildman–Crippen MR) is 148 cm³/mol. The van der Waals surface area contributed by atoms with Crippen molar-refractivity contribution in [3.05, 3.63) is 110 Å². The number of benzene rings is 3. The van der Waals surface area contributed by atoms with E-state index in [2.05, 4.69) is 5.32 Å². The Morgan fingerprint density at radius 3 is 1.84 bits per heavy atom. The molecule has 3 aromatic carbocycles. The molecule has 0 aliphatic heterocycles. The molecule has 38 heavy (non-hydrogen) atoms. The first kappa shape index (κ1) is 27.2. The van der Waals surface area contributed by atoms with Crippen molar-refractivity contribution in [3.8, 4) is 17.3 Å². The van der Waals surface area contributed by atoms with Crippen molar-refractivity contribution in [1.29, 1.82) is 0 Å². The maximum absolute atomic E-state index is 13.6. The van der Waals surface area contributed by atoms with Crippen LogP contribution < -0.4 is 10.9 Å². The zero-order chi connectivity index (χ0) is 27.4. The van der Waals surface area contributed by atoms with Crippen molar-refractivity contribution in [2.24, 2.45) is 0 Å². The second-order valence-corrected chi connectivity index (χ2v) is 9.77. The molecule has 4 aromatic rings. The molecule has 0 atom stereocenters. The first-order chi connectivity index (χ1) is 18.2. The van der Waals surface area contributed by atoms with Crippen LogP contribution in [0.15, 0.2) is 77.6 Å². The molecule has 0 unspecified atom stereocenters. The minimum Gasteiger partial charge on any atom is -0.493 e. The lowest BCUT2D eigenvalue weighted by atomic mass is 10.0. The molecule has 0 saturated carbocycles. The van der Waals surface area contributed by atoms with Gasteiger partial charge in [-0.15, -0.1) is 0 Å². The molecule has 8 nitrogen and oxygen atoms in total. The minimum absolute atomic E-state index is 0.151. The number of carbonyl (C=O) groups is 2. The van der Waals surface area contributed by atoms with Crippen LogP contribution in [0.2, 0.25) is 10.0 Å². The van der Waals surface area contributed by atoms with E-state index in [1.54, 1.807) is 48.5 Å². The summed E-state index contributed by atoms with van der Waals surface area (Å²) < 4.78 is 2.43. The van der Waals surface area contributed by atoms with Crippen LogP contribution in [0.3, 0.4) is 0 Å². The number of nitrogens with zero attached hydrogens (tertiary/aromatic N) is 3. The molecule has 0 aliphatic rings. The molecule has 4 rings (SSSR count). The fourth-order valence-corrected chi connectivity index (χ4v) is 4.20. The molecule has 0 spiro atoms. The number of aromatic hydroxyl groups is 1. The highest BCUT2D eigenvalue weighted by Crippen LogP contribution is 2.26. The van der Waals surface area contributed by atoms with Crippen molar-refractivity contribution in [3.63, 3.8) is 0 Å². The lowest BCUT2D eigenvalue weighted by Gasteiger charge is -2.12. The molecule has 0 fully saturated rings. The van der Waals surface area contributed by atoms with Crippen LogP contribution in [-0.2, 0) is 0 Å². The van der Waals surface area contributed by atoms with E-state index in [1.807, 2.05) is 19.0 Å². The average molecular weight is 553 g/mol. The normalized spacial score (nSPS) is 11.1. The van der Waals surface area contributed by atoms with E-state index >= 15 is 0 Å². The number of hydrogen-bond acceptors (Lipinski definition) is 5. The van der Waals surface area contributed by atoms with Crippen molar-refractivity contribution in [2.75, 3.05) is 27.2 Å². The zero-order valence-electron chi connectivity index (χ0n) is 20.8. The molecule has 0 aliphatic carbocycles. The fourth-order valence-electron chi connectivity index (χ4n) is 3.94. The molecular weight excluding hydrogens is 527 g/mol. The van der Waals surface area contributed by atoms with E-state index in [9.17, 15) is 19.5 Å². The number of amides is 1. The molecule has 0 bridgehead atoms. The lowest BCUT2D eigenvalue weighted by molar-refractivity contribution is 0.0950. The molecule has 0 saturated heterocycles. The van der Waals surface area contributed by atoms with Crippen molar-refractivity contribution < 1.29 is 14.7 Å². The first-order valence-electron chi connectivity index (χ1n) is 11.8. The molecule has 196 valence electrons. The third kappa shape index (κ3) is 5.83. The molecule has 10 heteroatoms. The standard InChI is InChI=1S/C28H26Cl2N4O4/c1-32(2)17-3-16-31-26(36)19-6-4-18(5-7-19)25(35)24-27(37)33(22-12-8-20(29)9-13-22)34(28(24)38)23-14-10-21(30)11-15-23/h4-15,37H,3,16-17H2,1-2H3,(H,31,36). The maximum Gasteiger partial charge on any atom is 0.287 e. The summed E-state index contributed by atoms with van der Waals surface area (Å²) in [6.07, 6.45) is 0.805. The first-order valence-corrected chi connectivity index (χ1v) is 12.6. The van der Waals surface area contributed by atoms with Gasteiger partial charge < -0.3 is 15.3 Å². The van der Waals surface area contributed by atoms with E-state index in [0.717, 1.165) is 13.0 Å². The van der Waals surface area contributed by atoms with Crippen LogP contribution in [0.1, 0.15) is 32.7 Å². The summed E-state index contributed by atoms with van der Waals surface area (Å²) in [7, 11) is 3.92. The highest BCUT2D eigenvalue weighted by molar-refractivity contribution is 6.30. The van der Waals surface area contributed by atoms with Gasteiger partial charge >= 0.3 is 0 Å². The Kier molecular flexibility index (Phi) is 8.36. The largest absolute Gasteiger partial charge is 0.493 e. The SMILES string of the molecule is CN(C)CCCNC(=O)c1ccc(C(=O)c2c(O)n(-c3ccc(Cl)cc3)n(-c3ccc(Cl)cc3)c2=O)cc1. The number of halogens is 2. The fraction of sp³-hybridized carbons (Fsp3) is 0.179. The van der Waals surface area contributed by atoms with Gasteiger partial charge in [0, 0.05) is 27.7 Å². The Hall–Kier alpha value is -3.85. The molecule has 1 amide bonds. The smallest absolute Gasteiger partial charge is 0.287 e. The molecular formula is C28H26Cl2N4O4.